The van der Waals surface area contributed by atoms with E-state index in [0.29, 0.717) is 17.7 Å². The molecular formula is C17H28N4OS2. The normalized spacial score (nSPS) is 21.8. The summed E-state index contributed by atoms with van der Waals surface area (Å²) in [5, 5.41) is 9.11. The second kappa shape index (κ2) is 8.15. The molecular weight excluding hydrogens is 340 g/mol. The van der Waals surface area contributed by atoms with Crippen molar-refractivity contribution in [2.45, 2.75) is 49.8 Å². The highest BCUT2D eigenvalue weighted by Crippen LogP contribution is 2.41. The van der Waals surface area contributed by atoms with Crippen LogP contribution in [0.1, 0.15) is 43.5 Å². The topological polar surface area (TPSA) is 49.3 Å². The van der Waals surface area contributed by atoms with Gasteiger partial charge in [-0.2, -0.15) is 0 Å². The number of carbonyl (C=O) groups excluding carboxylic acids is 1. The fourth-order valence-corrected chi connectivity index (χ4v) is 5.63. The van der Waals surface area contributed by atoms with Crippen molar-refractivity contribution >= 4 is 29.0 Å². The molecule has 7 heteroatoms. The van der Waals surface area contributed by atoms with Crippen LogP contribution in [0, 0.1) is 12.3 Å². The molecule has 1 spiro atoms. The molecule has 0 aliphatic carbocycles. The number of hydrogen-bond donors (Lipinski definition) is 0. The zero-order valence-corrected chi connectivity index (χ0v) is 16.4. The van der Waals surface area contributed by atoms with Crippen LogP contribution >= 0.6 is 23.1 Å². The van der Waals surface area contributed by atoms with Gasteiger partial charge in [-0.3, -0.25) is 4.79 Å². The van der Waals surface area contributed by atoms with Crippen molar-refractivity contribution in [2.24, 2.45) is 5.41 Å². The van der Waals surface area contributed by atoms with E-state index in [2.05, 4.69) is 27.0 Å². The highest BCUT2D eigenvalue weighted by Gasteiger charge is 2.35. The first-order chi connectivity index (χ1) is 11.6. The molecule has 0 atom stereocenters. The first-order valence-electron chi connectivity index (χ1n) is 8.96. The maximum absolute atomic E-state index is 12.5. The van der Waals surface area contributed by atoms with E-state index in [0.717, 1.165) is 34.6 Å². The Labute approximate surface area is 153 Å². The standard InChI is InChI=1S/C17H28N4OS2/c1-14-18-19-16(24-14)23-13-4-15(22)21-9-3-5-17(8-12-21)6-10-20(2)11-7-17/h3-13H2,1-2H3. The Bertz CT molecular complexity index is 555. The second-order valence-corrected chi connectivity index (χ2v) is 9.75. The number of hydrogen-bond acceptors (Lipinski definition) is 6. The molecule has 3 rings (SSSR count). The van der Waals surface area contributed by atoms with Gasteiger partial charge in [0.2, 0.25) is 5.91 Å². The lowest BCUT2D eigenvalue weighted by molar-refractivity contribution is -0.130. The summed E-state index contributed by atoms with van der Waals surface area (Å²) < 4.78 is 0.974. The van der Waals surface area contributed by atoms with E-state index in [-0.39, 0.29) is 0 Å². The van der Waals surface area contributed by atoms with E-state index < -0.39 is 0 Å². The van der Waals surface area contributed by atoms with E-state index in [4.69, 9.17) is 0 Å². The molecule has 1 amide bonds. The second-order valence-electron chi connectivity index (χ2n) is 7.22. The van der Waals surface area contributed by atoms with Crippen molar-refractivity contribution in [1.29, 1.82) is 0 Å². The third-order valence-corrected chi connectivity index (χ3v) is 7.47. The van der Waals surface area contributed by atoms with E-state index >= 15 is 0 Å². The van der Waals surface area contributed by atoms with Gasteiger partial charge in [0.15, 0.2) is 4.34 Å². The average Bonchev–Trinajstić information content (AvgIpc) is 2.87. The van der Waals surface area contributed by atoms with Crippen molar-refractivity contribution in [2.75, 3.05) is 39.0 Å². The number of nitrogens with zero attached hydrogens (tertiary/aromatic N) is 4. The number of piperidine rings is 1. The fraction of sp³-hybridized carbons (Fsp3) is 0.824. The average molecular weight is 369 g/mol. The van der Waals surface area contributed by atoms with E-state index in [1.807, 2.05) is 6.92 Å². The maximum atomic E-state index is 12.5. The van der Waals surface area contributed by atoms with Gasteiger partial charge < -0.3 is 9.80 Å². The molecule has 24 heavy (non-hydrogen) atoms. The molecule has 0 unspecified atom stereocenters. The maximum Gasteiger partial charge on any atom is 0.223 e. The van der Waals surface area contributed by atoms with Crippen molar-refractivity contribution < 1.29 is 4.79 Å². The summed E-state index contributed by atoms with van der Waals surface area (Å²) in [6, 6.07) is 0. The summed E-state index contributed by atoms with van der Waals surface area (Å²) in [6.45, 7) is 6.28. The highest BCUT2D eigenvalue weighted by atomic mass is 32.2. The Morgan fingerprint density at radius 3 is 2.62 bits per heavy atom. The molecule has 2 saturated heterocycles. The number of rotatable bonds is 4. The molecule has 2 fully saturated rings. The molecule has 5 nitrogen and oxygen atoms in total. The Morgan fingerprint density at radius 1 is 1.17 bits per heavy atom. The van der Waals surface area contributed by atoms with Crippen LogP contribution in [0.5, 0.6) is 0 Å². The fourth-order valence-electron chi connectivity index (χ4n) is 3.82. The predicted molar refractivity (Wildman–Crippen MR) is 99.6 cm³/mol. The Balaban J connectivity index is 1.44. The van der Waals surface area contributed by atoms with Gasteiger partial charge in [-0.15, -0.1) is 10.2 Å². The number of aryl methyl sites for hydroxylation is 1. The summed E-state index contributed by atoms with van der Waals surface area (Å²) >= 11 is 3.26. The van der Waals surface area contributed by atoms with Crippen LogP contribution < -0.4 is 0 Å². The first-order valence-corrected chi connectivity index (χ1v) is 10.8. The third-order valence-electron chi connectivity index (χ3n) is 5.50. The van der Waals surface area contributed by atoms with Crippen LogP contribution in [-0.2, 0) is 4.79 Å². The molecule has 2 aliphatic heterocycles. The number of aromatic nitrogens is 2. The van der Waals surface area contributed by atoms with Crippen molar-refractivity contribution in [3.05, 3.63) is 5.01 Å². The van der Waals surface area contributed by atoms with Gasteiger partial charge in [0, 0.05) is 25.3 Å². The minimum absolute atomic E-state index is 0.314. The van der Waals surface area contributed by atoms with Crippen molar-refractivity contribution in [3.63, 3.8) is 0 Å². The predicted octanol–water partition coefficient (Wildman–Crippen LogP) is 3.05. The molecule has 0 saturated carbocycles. The molecule has 1 aromatic heterocycles. The molecule has 134 valence electrons. The lowest BCUT2D eigenvalue weighted by atomic mass is 9.73. The Kier molecular flexibility index (Phi) is 6.16. The summed E-state index contributed by atoms with van der Waals surface area (Å²) in [5.74, 6) is 1.12. The van der Waals surface area contributed by atoms with Gasteiger partial charge in [-0.05, 0) is 64.6 Å². The monoisotopic (exact) mass is 368 g/mol. The largest absolute Gasteiger partial charge is 0.343 e. The molecule has 0 radical (unpaired) electrons. The van der Waals surface area contributed by atoms with Crippen LogP contribution in [0.25, 0.3) is 0 Å². The lowest BCUT2D eigenvalue weighted by Gasteiger charge is -2.40. The Hall–Kier alpha value is -0.660. The lowest BCUT2D eigenvalue weighted by Crippen LogP contribution is -2.39. The van der Waals surface area contributed by atoms with Gasteiger partial charge >= 0.3 is 0 Å². The van der Waals surface area contributed by atoms with Crippen LogP contribution in [0.15, 0.2) is 4.34 Å². The van der Waals surface area contributed by atoms with Crippen LogP contribution in [-0.4, -0.2) is 64.9 Å². The summed E-state index contributed by atoms with van der Waals surface area (Å²) in [4.78, 5) is 17.1. The highest BCUT2D eigenvalue weighted by molar-refractivity contribution is 8.01. The van der Waals surface area contributed by atoms with Gasteiger partial charge in [0.1, 0.15) is 5.01 Å². The van der Waals surface area contributed by atoms with Crippen molar-refractivity contribution in [3.8, 4) is 0 Å². The summed E-state index contributed by atoms with van der Waals surface area (Å²) in [5.41, 5.74) is 0.500. The SMILES string of the molecule is Cc1nnc(SCCC(=O)N2CCCC3(CCN(C)CC3)CC2)s1. The van der Waals surface area contributed by atoms with Gasteiger partial charge in [-0.25, -0.2) is 0 Å². The summed E-state index contributed by atoms with van der Waals surface area (Å²) in [6.07, 6.45) is 6.87. The third kappa shape index (κ3) is 4.70. The van der Waals surface area contributed by atoms with Crippen LogP contribution in [0.3, 0.4) is 0 Å². The van der Waals surface area contributed by atoms with E-state index in [1.54, 1.807) is 23.1 Å². The molecule has 0 N–H and O–H groups in total. The number of carbonyl (C=O) groups is 1. The molecule has 0 bridgehead atoms. The molecule has 0 aromatic carbocycles. The van der Waals surface area contributed by atoms with Gasteiger partial charge in [0.05, 0.1) is 0 Å². The minimum atomic E-state index is 0.314. The zero-order valence-electron chi connectivity index (χ0n) is 14.8. The van der Waals surface area contributed by atoms with Gasteiger partial charge in [-0.1, -0.05) is 23.1 Å². The molecule has 1 aromatic rings. The van der Waals surface area contributed by atoms with E-state index in [9.17, 15) is 4.79 Å². The van der Waals surface area contributed by atoms with Gasteiger partial charge in [0.25, 0.3) is 0 Å². The molecule has 2 aliphatic rings. The van der Waals surface area contributed by atoms with Crippen molar-refractivity contribution in [1.82, 2.24) is 20.0 Å². The first kappa shape index (κ1) is 18.1. The molecule has 3 heterocycles. The number of thioether (sulfide) groups is 1. The Morgan fingerprint density at radius 2 is 1.92 bits per heavy atom. The minimum Gasteiger partial charge on any atom is -0.343 e. The zero-order chi connectivity index (χ0) is 17.0. The smallest absolute Gasteiger partial charge is 0.223 e. The number of likely N-dealkylation sites (tertiary alicyclic amines) is 2. The summed E-state index contributed by atoms with van der Waals surface area (Å²) in [7, 11) is 2.22. The van der Waals surface area contributed by atoms with Crippen LogP contribution in [0.2, 0.25) is 0 Å². The van der Waals surface area contributed by atoms with Crippen LogP contribution in [0.4, 0.5) is 0 Å². The van der Waals surface area contributed by atoms with E-state index in [1.165, 1.54) is 38.8 Å². The quantitative estimate of drug-likeness (QED) is 0.765. The number of amides is 1.